The molecule has 1 aromatic rings. The number of urea groups is 1. The van der Waals surface area contributed by atoms with Gasteiger partial charge in [0.1, 0.15) is 6.33 Å². The third-order valence-electron chi connectivity index (χ3n) is 3.50. The Kier molecular flexibility index (Phi) is 5.60. The van der Waals surface area contributed by atoms with Gasteiger partial charge in [0.2, 0.25) is 5.91 Å². The fraction of sp³-hybridized carbons (Fsp3) is 0.692. The number of amides is 3. The summed E-state index contributed by atoms with van der Waals surface area (Å²) in [7, 11) is 0. The molecule has 2 rings (SSSR count). The predicted molar refractivity (Wildman–Crippen MR) is 79.9 cm³/mol. The van der Waals surface area contributed by atoms with Gasteiger partial charge < -0.3 is 9.88 Å². The molecule has 0 saturated heterocycles. The van der Waals surface area contributed by atoms with Crippen LogP contribution in [0, 0.1) is 0 Å². The number of carbonyl (C=O) groups excluding carboxylic acids is 2. The van der Waals surface area contributed by atoms with Gasteiger partial charge in [-0.2, -0.15) is 0 Å². The molecule has 1 saturated carbocycles. The molecule has 0 unspecified atom stereocenters. The average Bonchev–Trinajstić information content (AvgIpc) is 3.09. The molecule has 1 atom stereocenters. The standard InChI is InChI=1S/C13H21N5O2S/c1-3-18-8-14-17-13(18)21-9(2)11(19)16-12(20)15-10-6-4-5-7-10/h8-10H,3-7H2,1-2H3,(H2,15,16,19,20)/t9-/m0/s1. The lowest BCUT2D eigenvalue weighted by Gasteiger charge is -2.14. The Bertz CT molecular complexity index is 499. The smallest absolute Gasteiger partial charge is 0.321 e. The highest BCUT2D eigenvalue weighted by Crippen LogP contribution is 2.21. The SMILES string of the molecule is CCn1cnnc1S[C@@H](C)C(=O)NC(=O)NC1CCCC1. The quantitative estimate of drug-likeness (QED) is 0.805. The van der Waals surface area contributed by atoms with Gasteiger partial charge in [-0.05, 0) is 26.7 Å². The van der Waals surface area contributed by atoms with E-state index in [2.05, 4.69) is 20.8 Å². The maximum Gasteiger partial charge on any atom is 0.321 e. The number of aromatic nitrogens is 3. The molecule has 21 heavy (non-hydrogen) atoms. The summed E-state index contributed by atoms with van der Waals surface area (Å²) >= 11 is 1.29. The van der Waals surface area contributed by atoms with Gasteiger partial charge in [-0.15, -0.1) is 10.2 Å². The molecule has 1 fully saturated rings. The summed E-state index contributed by atoms with van der Waals surface area (Å²) in [6.45, 7) is 4.47. The molecule has 0 bridgehead atoms. The molecule has 1 aliphatic carbocycles. The third-order valence-corrected chi connectivity index (χ3v) is 4.59. The minimum Gasteiger partial charge on any atom is -0.335 e. The van der Waals surface area contributed by atoms with E-state index in [-0.39, 0.29) is 11.9 Å². The Labute approximate surface area is 128 Å². The first-order valence-electron chi connectivity index (χ1n) is 7.26. The van der Waals surface area contributed by atoms with Gasteiger partial charge in [-0.25, -0.2) is 4.79 Å². The summed E-state index contributed by atoms with van der Waals surface area (Å²) in [6, 6.07) is -0.208. The zero-order chi connectivity index (χ0) is 15.2. The summed E-state index contributed by atoms with van der Waals surface area (Å²) < 4.78 is 1.85. The molecule has 3 amide bonds. The number of carbonyl (C=O) groups is 2. The second-order valence-electron chi connectivity index (χ2n) is 5.10. The van der Waals surface area contributed by atoms with Crippen molar-refractivity contribution in [2.24, 2.45) is 0 Å². The van der Waals surface area contributed by atoms with E-state index in [1.807, 2.05) is 11.5 Å². The van der Waals surface area contributed by atoms with Crippen molar-refractivity contribution in [2.45, 2.75) is 62.5 Å². The number of nitrogens with one attached hydrogen (secondary N) is 2. The van der Waals surface area contributed by atoms with Gasteiger partial charge in [0.15, 0.2) is 5.16 Å². The van der Waals surface area contributed by atoms with Gasteiger partial charge in [-0.3, -0.25) is 10.1 Å². The summed E-state index contributed by atoms with van der Waals surface area (Å²) in [6.07, 6.45) is 5.88. The molecule has 0 spiro atoms. The molecule has 1 aromatic heterocycles. The highest BCUT2D eigenvalue weighted by atomic mass is 32.2. The van der Waals surface area contributed by atoms with E-state index in [4.69, 9.17) is 0 Å². The lowest BCUT2D eigenvalue weighted by molar-refractivity contribution is -0.119. The van der Waals surface area contributed by atoms with Crippen molar-refractivity contribution in [3.8, 4) is 0 Å². The van der Waals surface area contributed by atoms with E-state index in [0.717, 1.165) is 32.2 Å². The van der Waals surface area contributed by atoms with Crippen LogP contribution in [0.25, 0.3) is 0 Å². The molecule has 0 radical (unpaired) electrons. The van der Waals surface area contributed by atoms with Crippen molar-refractivity contribution in [1.82, 2.24) is 25.4 Å². The number of hydrogen-bond acceptors (Lipinski definition) is 5. The van der Waals surface area contributed by atoms with Crippen LogP contribution >= 0.6 is 11.8 Å². The van der Waals surface area contributed by atoms with E-state index in [0.29, 0.717) is 5.16 Å². The molecule has 116 valence electrons. The first-order chi connectivity index (χ1) is 10.1. The molecule has 0 aromatic carbocycles. The van der Waals surface area contributed by atoms with Gasteiger partial charge in [0.05, 0.1) is 5.25 Å². The molecule has 7 nitrogen and oxygen atoms in total. The summed E-state index contributed by atoms with van der Waals surface area (Å²) in [5.74, 6) is -0.318. The Morgan fingerprint density at radius 2 is 2.19 bits per heavy atom. The van der Waals surface area contributed by atoms with Crippen molar-refractivity contribution in [3.05, 3.63) is 6.33 Å². The summed E-state index contributed by atoms with van der Waals surface area (Å²) in [4.78, 5) is 23.8. The first-order valence-corrected chi connectivity index (χ1v) is 8.14. The number of rotatable bonds is 5. The minimum atomic E-state index is -0.408. The molecule has 0 aliphatic heterocycles. The number of thioether (sulfide) groups is 1. The minimum absolute atomic E-state index is 0.198. The lowest BCUT2D eigenvalue weighted by atomic mass is 10.2. The largest absolute Gasteiger partial charge is 0.335 e. The highest BCUT2D eigenvalue weighted by molar-refractivity contribution is 8.00. The second kappa shape index (κ2) is 7.44. The van der Waals surface area contributed by atoms with Crippen molar-refractivity contribution < 1.29 is 9.59 Å². The predicted octanol–water partition coefficient (Wildman–Crippen LogP) is 1.55. The average molecular weight is 311 g/mol. The zero-order valence-corrected chi connectivity index (χ0v) is 13.2. The molecular formula is C13H21N5O2S. The summed E-state index contributed by atoms with van der Waals surface area (Å²) in [5.41, 5.74) is 0. The van der Waals surface area contributed by atoms with Crippen LogP contribution < -0.4 is 10.6 Å². The van der Waals surface area contributed by atoms with Gasteiger partial charge >= 0.3 is 6.03 Å². The monoisotopic (exact) mass is 311 g/mol. The van der Waals surface area contributed by atoms with Crippen LogP contribution in [0.3, 0.4) is 0 Å². The van der Waals surface area contributed by atoms with Crippen molar-refractivity contribution >= 4 is 23.7 Å². The van der Waals surface area contributed by atoms with Crippen molar-refractivity contribution in [2.75, 3.05) is 0 Å². The molecule has 2 N–H and O–H groups in total. The van der Waals surface area contributed by atoms with E-state index >= 15 is 0 Å². The van der Waals surface area contributed by atoms with Gasteiger partial charge in [-0.1, -0.05) is 24.6 Å². The maximum atomic E-state index is 12.0. The van der Waals surface area contributed by atoms with E-state index in [1.165, 1.54) is 11.8 Å². The number of hydrogen-bond donors (Lipinski definition) is 2. The topological polar surface area (TPSA) is 88.9 Å². The molecule has 8 heteroatoms. The van der Waals surface area contributed by atoms with Crippen LogP contribution in [0.15, 0.2) is 11.5 Å². The maximum absolute atomic E-state index is 12.0. The number of imide groups is 1. The fourth-order valence-electron chi connectivity index (χ4n) is 2.27. The van der Waals surface area contributed by atoms with E-state index in [9.17, 15) is 9.59 Å². The van der Waals surface area contributed by atoms with Crippen LogP contribution in [-0.2, 0) is 11.3 Å². The van der Waals surface area contributed by atoms with Crippen LogP contribution in [0.2, 0.25) is 0 Å². The number of nitrogens with zero attached hydrogens (tertiary/aromatic N) is 3. The Balaban J connectivity index is 1.80. The van der Waals surface area contributed by atoms with Crippen molar-refractivity contribution in [3.63, 3.8) is 0 Å². The van der Waals surface area contributed by atoms with Crippen LogP contribution in [0.1, 0.15) is 39.5 Å². The molecule has 1 aliphatic rings. The van der Waals surface area contributed by atoms with E-state index in [1.54, 1.807) is 13.3 Å². The number of aryl methyl sites for hydroxylation is 1. The van der Waals surface area contributed by atoms with Gasteiger partial charge in [0, 0.05) is 12.6 Å². The van der Waals surface area contributed by atoms with E-state index < -0.39 is 11.3 Å². The lowest BCUT2D eigenvalue weighted by Crippen LogP contribution is -2.45. The highest BCUT2D eigenvalue weighted by Gasteiger charge is 2.22. The van der Waals surface area contributed by atoms with Crippen LogP contribution in [0.4, 0.5) is 4.79 Å². The third kappa shape index (κ3) is 4.45. The fourth-order valence-corrected chi connectivity index (χ4v) is 3.16. The Morgan fingerprint density at radius 1 is 1.48 bits per heavy atom. The summed E-state index contributed by atoms with van der Waals surface area (Å²) in [5, 5.41) is 13.3. The Hall–Kier alpha value is -1.57. The van der Waals surface area contributed by atoms with Crippen LogP contribution in [-0.4, -0.2) is 38.0 Å². The van der Waals surface area contributed by atoms with Crippen LogP contribution in [0.5, 0.6) is 0 Å². The second-order valence-corrected chi connectivity index (χ2v) is 6.41. The molecular weight excluding hydrogens is 290 g/mol. The zero-order valence-electron chi connectivity index (χ0n) is 12.3. The van der Waals surface area contributed by atoms with Crippen molar-refractivity contribution in [1.29, 1.82) is 0 Å². The Morgan fingerprint density at radius 3 is 2.86 bits per heavy atom. The normalized spacial score (nSPS) is 16.7. The molecule has 1 heterocycles. The van der Waals surface area contributed by atoms with Gasteiger partial charge in [0.25, 0.3) is 0 Å². The first kappa shape index (κ1) is 15.8.